The molecule has 0 spiro atoms. The Morgan fingerprint density at radius 3 is 0.500 bits per heavy atom. The van der Waals surface area contributed by atoms with Crippen molar-refractivity contribution in [3.05, 3.63) is 121 Å². The van der Waals surface area contributed by atoms with Crippen LogP contribution in [0.2, 0.25) is 0 Å². The molecule has 0 saturated heterocycles. The molecule has 0 atom stereocenters. The fraction of sp³-hybridized carbons (Fsp3) is 0. The van der Waals surface area contributed by atoms with Crippen LogP contribution < -0.4 is 0 Å². The Hall–Kier alpha value is -1.64. The zero-order valence-electron chi connectivity index (χ0n) is 17.5. The van der Waals surface area contributed by atoms with Gasteiger partial charge >= 0.3 is 0 Å². The van der Waals surface area contributed by atoms with Gasteiger partial charge in [-0.25, -0.2) is 0 Å². The number of benzene rings is 6. The molecule has 0 saturated carbocycles. The first-order valence-corrected chi connectivity index (χ1v) is 9.62. The molecule has 6 rings (SSSR count). The van der Waals surface area contributed by atoms with Crippen molar-refractivity contribution in [1.29, 1.82) is 0 Å². The van der Waals surface area contributed by atoms with Gasteiger partial charge in [0.05, 0.1) is 0 Å². The summed E-state index contributed by atoms with van der Waals surface area (Å²) in [7, 11) is 0. The normalized spacial score (nSPS) is 10.1. The number of fused-ring (bicyclic) bond motifs is 4. The van der Waals surface area contributed by atoms with Gasteiger partial charge in [0.1, 0.15) is 0 Å². The van der Waals surface area contributed by atoms with Crippen LogP contribution in [0, 0.1) is 0 Å². The summed E-state index contributed by atoms with van der Waals surface area (Å²) >= 11 is 0. The second-order valence-corrected chi connectivity index (χ2v) is 7.09. The van der Waals surface area contributed by atoms with Crippen molar-refractivity contribution < 1.29 is 0 Å². The van der Waals surface area contributed by atoms with E-state index >= 15 is 0 Å². The molecule has 0 amide bonds. The van der Waals surface area contributed by atoms with Crippen LogP contribution in [-0.2, 0) is 0 Å². The van der Waals surface area contributed by atoms with Crippen LogP contribution in [0.3, 0.4) is 0 Å². The SMILES string of the molecule is [Na].[Na].c1ccc2cc3ccccc3cc2c1.c1ccc2cc3ccccc3cc2c1. The fourth-order valence-electron chi connectivity index (χ4n) is 3.77. The Bertz CT molecular complexity index is 1100. The van der Waals surface area contributed by atoms with Gasteiger partial charge in [-0.3, -0.25) is 0 Å². The van der Waals surface area contributed by atoms with Crippen LogP contribution in [0.1, 0.15) is 0 Å². The molecular formula is C28H20Na2. The first-order valence-electron chi connectivity index (χ1n) is 9.62. The standard InChI is InChI=1S/2C14H10.2Na/c2*1-2-6-12-10-14-8-4-3-7-13(14)9-11(12)5-1;;/h2*1-10H;;. The summed E-state index contributed by atoms with van der Waals surface area (Å²) in [5.41, 5.74) is 0. The van der Waals surface area contributed by atoms with E-state index in [1.807, 2.05) is 0 Å². The number of hydrogen-bond acceptors (Lipinski definition) is 0. The van der Waals surface area contributed by atoms with Gasteiger partial charge in [0.2, 0.25) is 0 Å². The molecule has 0 aliphatic rings. The fourth-order valence-corrected chi connectivity index (χ4v) is 3.77. The molecule has 2 heteroatoms. The van der Waals surface area contributed by atoms with Crippen LogP contribution in [0.4, 0.5) is 0 Å². The monoisotopic (exact) mass is 402 g/mol. The van der Waals surface area contributed by atoms with E-state index in [4.69, 9.17) is 0 Å². The summed E-state index contributed by atoms with van der Waals surface area (Å²) in [6.07, 6.45) is 0. The maximum atomic E-state index is 2.24. The van der Waals surface area contributed by atoms with Crippen molar-refractivity contribution in [3.63, 3.8) is 0 Å². The van der Waals surface area contributed by atoms with Crippen molar-refractivity contribution in [2.24, 2.45) is 0 Å². The zero-order valence-corrected chi connectivity index (χ0v) is 21.5. The Balaban J connectivity index is 0.000000160. The third kappa shape index (κ3) is 4.98. The predicted molar refractivity (Wildman–Crippen MR) is 134 cm³/mol. The van der Waals surface area contributed by atoms with Crippen molar-refractivity contribution >= 4 is 102 Å². The zero-order chi connectivity index (χ0) is 18.8. The molecule has 0 fully saturated rings. The molecule has 0 bridgehead atoms. The summed E-state index contributed by atoms with van der Waals surface area (Å²) in [6.45, 7) is 0. The minimum atomic E-state index is 0. The van der Waals surface area contributed by atoms with E-state index in [0.717, 1.165) is 0 Å². The minimum absolute atomic E-state index is 0. The Morgan fingerprint density at radius 2 is 0.367 bits per heavy atom. The van der Waals surface area contributed by atoms with Gasteiger partial charge in [0, 0.05) is 59.1 Å². The molecule has 0 N–H and O–H groups in total. The van der Waals surface area contributed by atoms with Crippen LogP contribution in [0.5, 0.6) is 0 Å². The van der Waals surface area contributed by atoms with Gasteiger partial charge in [-0.05, 0) is 67.4 Å². The van der Waals surface area contributed by atoms with E-state index in [1.165, 1.54) is 43.1 Å². The molecular weight excluding hydrogens is 382 g/mol. The quantitative estimate of drug-likeness (QED) is 0.186. The summed E-state index contributed by atoms with van der Waals surface area (Å²) < 4.78 is 0. The molecule has 6 aromatic rings. The van der Waals surface area contributed by atoms with Gasteiger partial charge in [-0.15, -0.1) is 0 Å². The largest absolute Gasteiger partial charge is 0.0616 e. The van der Waals surface area contributed by atoms with Crippen molar-refractivity contribution in [3.8, 4) is 0 Å². The van der Waals surface area contributed by atoms with Gasteiger partial charge in [-0.1, -0.05) is 97.1 Å². The Kier molecular flexibility index (Phi) is 8.13. The maximum Gasteiger partial charge on any atom is 0 e. The Labute approximate surface area is 221 Å². The molecule has 0 aliphatic carbocycles. The second-order valence-electron chi connectivity index (χ2n) is 7.09. The topological polar surface area (TPSA) is 0 Å². The summed E-state index contributed by atoms with van der Waals surface area (Å²) in [6, 6.07) is 42.8. The molecule has 0 heterocycles. The predicted octanol–water partition coefficient (Wildman–Crippen LogP) is 7.22. The van der Waals surface area contributed by atoms with E-state index in [9.17, 15) is 0 Å². The average Bonchev–Trinajstić information content (AvgIpc) is 2.76. The van der Waals surface area contributed by atoms with E-state index in [2.05, 4.69) is 121 Å². The molecule has 6 aromatic carbocycles. The molecule has 0 unspecified atom stereocenters. The molecule has 0 aromatic heterocycles. The number of hydrogen-bond donors (Lipinski definition) is 0. The molecule has 134 valence electrons. The van der Waals surface area contributed by atoms with Crippen molar-refractivity contribution in [2.75, 3.05) is 0 Å². The molecule has 30 heavy (non-hydrogen) atoms. The molecule has 2 radical (unpaired) electrons. The molecule has 0 aliphatic heterocycles. The molecule has 0 nitrogen and oxygen atoms in total. The van der Waals surface area contributed by atoms with Gasteiger partial charge in [-0.2, -0.15) is 0 Å². The minimum Gasteiger partial charge on any atom is -0.0616 e. The Morgan fingerprint density at radius 1 is 0.233 bits per heavy atom. The van der Waals surface area contributed by atoms with E-state index < -0.39 is 0 Å². The van der Waals surface area contributed by atoms with Gasteiger partial charge in [0.25, 0.3) is 0 Å². The summed E-state index contributed by atoms with van der Waals surface area (Å²) in [4.78, 5) is 0. The maximum absolute atomic E-state index is 2.24. The van der Waals surface area contributed by atoms with Crippen LogP contribution >= 0.6 is 0 Å². The first-order chi connectivity index (χ1) is 13.9. The third-order valence-electron chi connectivity index (χ3n) is 5.23. The third-order valence-corrected chi connectivity index (χ3v) is 5.23. The van der Waals surface area contributed by atoms with Crippen LogP contribution in [0.15, 0.2) is 121 Å². The van der Waals surface area contributed by atoms with Gasteiger partial charge in [0.15, 0.2) is 0 Å². The van der Waals surface area contributed by atoms with Gasteiger partial charge < -0.3 is 0 Å². The first kappa shape index (κ1) is 23.0. The summed E-state index contributed by atoms with van der Waals surface area (Å²) in [5.74, 6) is 0. The van der Waals surface area contributed by atoms with Crippen LogP contribution in [0.25, 0.3) is 43.1 Å². The number of rotatable bonds is 0. The van der Waals surface area contributed by atoms with Crippen molar-refractivity contribution in [1.82, 2.24) is 0 Å². The average molecular weight is 402 g/mol. The van der Waals surface area contributed by atoms with E-state index in [0.29, 0.717) is 0 Å². The second kappa shape index (κ2) is 10.6. The summed E-state index contributed by atoms with van der Waals surface area (Å²) in [5, 5.41) is 10.5. The van der Waals surface area contributed by atoms with Crippen molar-refractivity contribution in [2.45, 2.75) is 0 Å². The smallest absolute Gasteiger partial charge is 0 e. The van der Waals surface area contributed by atoms with E-state index in [-0.39, 0.29) is 59.1 Å². The van der Waals surface area contributed by atoms with E-state index in [1.54, 1.807) is 0 Å². The van der Waals surface area contributed by atoms with Crippen LogP contribution in [-0.4, -0.2) is 59.1 Å².